The van der Waals surface area contributed by atoms with Crippen molar-refractivity contribution in [1.29, 1.82) is 0 Å². The number of carboxylic acid groups (broad SMARTS) is 1. The second-order valence-electron chi connectivity index (χ2n) is 4.83. The Morgan fingerprint density at radius 3 is 2.53 bits per heavy atom. The van der Waals surface area contributed by atoms with E-state index in [4.69, 9.17) is 4.74 Å². The van der Waals surface area contributed by atoms with E-state index in [0.29, 0.717) is 13.0 Å². The van der Waals surface area contributed by atoms with Gasteiger partial charge in [0.05, 0.1) is 12.5 Å². The molecule has 1 unspecified atom stereocenters. The summed E-state index contributed by atoms with van der Waals surface area (Å²) in [5.74, 6) is -0.175. The molecule has 0 aliphatic rings. The molecule has 0 fully saturated rings. The maximum Gasteiger partial charge on any atom is 0.306 e. The van der Waals surface area contributed by atoms with Crippen LogP contribution in [0.25, 0.3) is 0 Å². The summed E-state index contributed by atoms with van der Waals surface area (Å²) in [6.45, 7) is 2.62. The molecule has 0 amide bonds. The van der Waals surface area contributed by atoms with Crippen molar-refractivity contribution in [2.24, 2.45) is 5.92 Å². The van der Waals surface area contributed by atoms with E-state index >= 15 is 0 Å². The number of hydrogen-bond acceptors (Lipinski definition) is 2. The van der Waals surface area contributed by atoms with Crippen molar-refractivity contribution in [3.05, 3.63) is 30.3 Å². The van der Waals surface area contributed by atoms with Crippen LogP contribution in [0.3, 0.4) is 0 Å². The van der Waals surface area contributed by atoms with Crippen LogP contribution in [0.2, 0.25) is 0 Å². The number of unbranched alkanes of at least 4 members (excludes halogenated alkanes) is 3. The molecule has 3 heteroatoms. The lowest BCUT2D eigenvalue weighted by molar-refractivity contribution is -0.142. The fourth-order valence-electron chi connectivity index (χ4n) is 2.04. The molecule has 0 heterocycles. The Hall–Kier alpha value is -1.51. The van der Waals surface area contributed by atoms with Gasteiger partial charge in [-0.25, -0.2) is 0 Å². The number of carboxylic acids is 1. The molecule has 0 aromatic heterocycles. The molecule has 0 spiro atoms. The van der Waals surface area contributed by atoms with Crippen molar-refractivity contribution in [1.82, 2.24) is 0 Å². The second kappa shape index (κ2) is 9.42. The fourth-order valence-corrected chi connectivity index (χ4v) is 2.04. The summed E-state index contributed by atoms with van der Waals surface area (Å²) in [4.78, 5) is 11.2. The van der Waals surface area contributed by atoms with E-state index in [1.807, 2.05) is 30.3 Å². The van der Waals surface area contributed by atoms with Gasteiger partial charge in [0.1, 0.15) is 5.75 Å². The summed E-state index contributed by atoms with van der Waals surface area (Å²) < 4.78 is 5.55. The normalized spacial score (nSPS) is 12.1. The van der Waals surface area contributed by atoms with E-state index in [1.54, 1.807) is 0 Å². The Labute approximate surface area is 115 Å². The van der Waals surface area contributed by atoms with Gasteiger partial charge in [-0.3, -0.25) is 4.79 Å². The summed E-state index contributed by atoms with van der Waals surface area (Å²) in [5.41, 5.74) is 0. The molecular formula is C16H24O3. The van der Waals surface area contributed by atoms with E-state index in [1.165, 1.54) is 12.8 Å². The largest absolute Gasteiger partial charge is 0.494 e. The van der Waals surface area contributed by atoms with Crippen molar-refractivity contribution in [2.45, 2.75) is 45.4 Å². The van der Waals surface area contributed by atoms with Gasteiger partial charge in [-0.1, -0.05) is 50.8 Å². The molecular weight excluding hydrogens is 240 g/mol. The SMILES string of the molecule is CCCCCCC(CCOc1ccccc1)C(=O)O. The number of rotatable bonds is 10. The smallest absolute Gasteiger partial charge is 0.306 e. The first-order chi connectivity index (χ1) is 9.24. The van der Waals surface area contributed by atoms with Crippen molar-refractivity contribution in [3.63, 3.8) is 0 Å². The Bertz CT molecular complexity index is 348. The van der Waals surface area contributed by atoms with E-state index in [2.05, 4.69) is 6.92 Å². The monoisotopic (exact) mass is 264 g/mol. The zero-order valence-electron chi connectivity index (χ0n) is 11.7. The second-order valence-corrected chi connectivity index (χ2v) is 4.83. The minimum atomic E-state index is -0.701. The van der Waals surface area contributed by atoms with Crippen molar-refractivity contribution >= 4 is 5.97 Å². The van der Waals surface area contributed by atoms with Crippen LogP contribution in [0.1, 0.15) is 45.4 Å². The minimum absolute atomic E-state index is 0.277. The van der Waals surface area contributed by atoms with Crippen molar-refractivity contribution in [3.8, 4) is 5.75 Å². The minimum Gasteiger partial charge on any atom is -0.494 e. The molecule has 1 atom stereocenters. The lowest BCUT2D eigenvalue weighted by atomic mass is 9.98. The molecule has 1 aromatic carbocycles. The zero-order valence-corrected chi connectivity index (χ0v) is 11.7. The van der Waals surface area contributed by atoms with Gasteiger partial charge in [-0.2, -0.15) is 0 Å². The lowest BCUT2D eigenvalue weighted by Gasteiger charge is -2.13. The third kappa shape index (κ3) is 6.85. The topological polar surface area (TPSA) is 46.5 Å². The first kappa shape index (κ1) is 15.5. The van der Waals surface area contributed by atoms with Gasteiger partial charge in [0, 0.05) is 0 Å². The van der Waals surface area contributed by atoms with Crippen LogP contribution in [0.15, 0.2) is 30.3 Å². The Morgan fingerprint density at radius 1 is 1.16 bits per heavy atom. The van der Waals surface area contributed by atoms with E-state index in [9.17, 15) is 9.90 Å². The van der Waals surface area contributed by atoms with Gasteiger partial charge in [0.2, 0.25) is 0 Å². The average Bonchev–Trinajstić information content (AvgIpc) is 2.42. The molecule has 0 saturated carbocycles. The van der Waals surface area contributed by atoms with Crippen molar-refractivity contribution < 1.29 is 14.6 Å². The van der Waals surface area contributed by atoms with Crippen LogP contribution in [0, 0.1) is 5.92 Å². The summed E-state index contributed by atoms with van der Waals surface area (Å²) in [7, 11) is 0. The molecule has 0 radical (unpaired) electrons. The summed E-state index contributed by atoms with van der Waals surface area (Å²) in [5, 5.41) is 9.17. The van der Waals surface area contributed by atoms with Gasteiger partial charge in [-0.05, 0) is 25.0 Å². The maximum absolute atomic E-state index is 11.2. The summed E-state index contributed by atoms with van der Waals surface area (Å²) in [6, 6.07) is 9.53. The summed E-state index contributed by atoms with van der Waals surface area (Å²) in [6.07, 6.45) is 5.82. The molecule has 1 N–H and O–H groups in total. The van der Waals surface area contributed by atoms with Crippen LogP contribution in [0.4, 0.5) is 0 Å². The van der Waals surface area contributed by atoms with Crippen LogP contribution in [-0.4, -0.2) is 17.7 Å². The molecule has 1 rings (SSSR count). The molecule has 0 aliphatic carbocycles. The van der Waals surface area contributed by atoms with Gasteiger partial charge in [0.25, 0.3) is 0 Å². The first-order valence-electron chi connectivity index (χ1n) is 7.14. The first-order valence-corrected chi connectivity index (χ1v) is 7.14. The predicted molar refractivity (Wildman–Crippen MR) is 76.4 cm³/mol. The molecule has 0 aliphatic heterocycles. The third-order valence-corrected chi connectivity index (χ3v) is 3.23. The molecule has 106 valence electrons. The quantitative estimate of drug-likeness (QED) is 0.646. The number of ether oxygens (including phenoxy) is 1. The molecule has 1 aromatic rings. The highest BCUT2D eigenvalue weighted by atomic mass is 16.5. The maximum atomic E-state index is 11.2. The van der Waals surface area contributed by atoms with E-state index in [-0.39, 0.29) is 5.92 Å². The standard InChI is InChI=1S/C16H24O3/c1-2-3-4-6-9-14(16(17)18)12-13-19-15-10-7-5-8-11-15/h5,7-8,10-11,14H,2-4,6,9,12-13H2,1H3,(H,17,18). The number of hydrogen-bond donors (Lipinski definition) is 1. The number of benzene rings is 1. The van der Waals surface area contributed by atoms with Gasteiger partial charge in [0.15, 0.2) is 0 Å². The molecule has 3 nitrogen and oxygen atoms in total. The van der Waals surface area contributed by atoms with Crippen LogP contribution in [0.5, 0.6) is 5.75 Å². The van der Waals surface area contributed by atoms with Crippen LogP contribution in [-0.2, 0) is 4.79 Å². The summed E-state index contributed by atoms with van der Waals surface area (Å²) >= 11 is 0. The van der Waals surface area contributed by atoms with Gasteiger partial charge < -0.3 is 9.84 Å². The average molecular weight is 264 g/mol. The number of carbonyl (C=O) groups is 1. The highest BCUT2D eigenvalue weighted by Gasteiger charge is 2.16. The Morgan fingerprint density at radius 2 is 1.89 bits per heavy atom. The molecule has 0 saturated heterocycles. The number of para-hydroxylation sites is 1. The van der Waals surface area contributed by atoms with E-state index in [0.717, 1.165) is 25.0 Å². The Kier molecular flexibility index (Phi) is 7.71. The van der Waals surface area contributed by atoms with Crippen molar-refractivity contribution in [2.75, 3.05) is 6.61 Å². The predicted octanol–water partition coefficient (Wildman–Crippen LogP) is 4.13. The van der Waals surface area contributed by atoms with Crippen LogP contribution < -0.4 is 4.74 Å². The van der Waals surface area contributed by atoms with Gasteiger partial charge in [-0.15, -0.1) is 0 Å². The highest BCUT2D eigenvalue weighted by Crippen LogP contribution is 2.16. The zero-order chi connectivity index (χ0) is 13.9. The fraction of sp³-hybridized carbons (Fsp3) is 0.562. The Balaban J connectivity index is 2.24. The number of aliphatic carboxylic acids is 1. The molecule has 19 heavy (non-hydrogen) atoms. The highest BCUT2D eigenvalue weighted by molar-refractivity contribution is 5.69. The lowest BCUT2D eigenvalue weighted by Crippen LogP contribution is -2.17. The van der Waals surface area contributed by atoms with Gasteiger partial charge >= 0.3 is 5.97 Å². The molecule has 0 bridgehead atoms. The van der Waals surface area contributed by atoms with Crippen LogP contribution >= 0.6 is 0 Å². The van der Waals surface area contributed by atoms with E-state index < -0.39 is 5.97 Å². The third-order valence-electron chi connectivity index (χ3n) is 3.23.